The lowest BCUT2D eigenvalue weighted by molar-refractivity contribution is 0.0869. The van der Waals surface area contributed by atoms with E-state index in [2.05, 4.69) is 9.88 Å². The largest absolute Gasteiger partial charge is 0.473 e. The number of pyridine rings is 1. The van der Waals surface area contributed by atoms with Crippen LogP contribution in [0.2, 0.25) is 0 Å². The van der Waals surface area contributed by atoms with Gasteiger partial charge in [0.05, 0.1) is 11.1 Å². The van der Waals surface area contributed by atoms with Gasteiger partial charge in [0.25, 0.3) is 15.9 Å². The number of para-hydroxylation sites is 1. The number of amides is 1. The number of unbranched alkanes of at least 4 members (excludes halogenated alkanes) is 1. The molecule has 3 aromatic rings. The maximum absolute atomic E-state index is 12.6. The first-order valence-electron chi connectivity index (χ1n) is 10.9. The first kappa shape index (κ1) is 20.9. The number of sulfonamides is 1. The van der Waals surface area contributed by atoms with Gasteiger partial charge in [-0.25, -0.2) is 17.7 Å². The zero-order valence-corrected chi connectivity index (χ0v) is 18.5. The van der Waals surface area contributed by atoms with E-state index >= 15 is 0 Å². The Morgan fingerprint density at radius 1 is 0.969 bits per heavy atom. The van der Waals surface area contributed by atoms with Crippen LogP contribution in [0.4, 0.5) is 0 Å². The second-order valence-corrected chi connectivity index (χ2v) is 10.1. The number of hydrogen-bond acceptors (Lipinski definition) is 6. The van der Waals surface area contributed by atoms with Crippen LogP contribution in [0.1, 0.15) is 29.6 Å². The second kappa shape index (κ2) is 8.52. The third kappa shape index (κ3) is 3.96. The smallest absolute Gasteiger partial charge is 0.269 e. The number of ether oxygens (including phenoxy) is 1. The van der Waals surface area contributed by atoms with E-state index in [9.17, 15) is 13.2 Å². The highest BCUT2D eigenvalue weighted by Gasteiger charge is 2.40. The van der Waals surface area contributed by atoms with Gasteiger partial charge in [0.2, 0.25) is 5.88 Å². The number of rotatable bonds is 7. The molecule has 5 rings (SSSR count). The van der Waals surface area contributed by atoms with Crippen LogP contribution >= 0.6 is 0 Å². The standard InChI is InChI=1S/C24H25N3O4S/c28-24-20-8-2-4-10-22(20)32(29,30)27(24)15-6-5-14-26-16-13-19(17-26)31-23-12-11-18-7-1-3-9-21(18)25-23/h1-4,7-12,19H,5-6,13-17H2. The molecule has 1 atom stereocenters. The number of fused-ring (bicyclic) bond motifs is 2. The Bertz CT molecular complexity index is 1260. The Balaban J connectivity index is 1.10. The number of carbonyl (C=O) groups is 1. The van der Waals surface area contributed by atoms with Crippen LogP contribution in [0.15, 0.2) is 65.6 Å². The minimum Gasteiger partial charge on any atom is -0.473 e. The molecule has 32 heavy (non-hydrogen) atoms. The molecule has 0 spiro atoms. The molecule has 0 saturated carbocycles. The highest BCUT2D eigenvalue weighted by molar-refractivity contribution is 7.90. The fourth-order valence-corrected chi connectivity index (χ4v) is 6.03. The predicted molar refractivity (Wildman–Crippen MR) is 121 cm³/mol. The number of likely N-dealkylation sites (tertiary alicyclic amines) is 1. The molecule has 166 valence electrons. The van der Waals surface area contributed by atoms with Crippen LogP contribution < -0.4 is 4.74 Å². The van der Waals surface area contributed by atoms with Gasteiger partial charge in [-0.15, -0.1) is 0 Å². The Hall–Kier alpha value is -2.97. The summed E-state index contributed by atoms with van der Waals surface area (Å²) in [4.78, 5) is 19.5. The number of benzene rings is 2. The zero-order valence-electron chi connectivity index (χ0n) is 17.7. The lowest BCUT2D eigenvalue weighted by atomic mass is 10.2. The van der Waals surface area contributed by atoms with Crippen LogP contribution in [-0.4, -0.2) is 60.8 Å². The Labute approximate surface area is 187 Å². The molecule has 1 aromatic heterocycles. The summed E-state index contributed by atoms with van der Waals surface area (Å²) in [6.07, 6.45) is 2.48. The van der Waals surface area contributed by atoms with Crippen LogP contribution in [0.25, 0.3) is 10.9 Å². The second-order valence-electron chi connectivity index (χ2n) is 8.26. The zero-order chi connectivity index (χ0) is 22.1. The third-order valence-corrected chi connectivity index (χ3v) is 7.93. The van der Waals surface area contributed by atoms with E-state index in [0.29, 0.717) is 12.3 Å². The number of aromatic nitrogens is 1. The van der Waals surface area contributed by atoms with Crippen molar-refractivity contribution in [3.8, 4) is 5.88 Å². The van der Waals surface area contributed by atoms with Gasteiger partial charge in [0.1, 0.15) is 11.0 Å². The van der Waals surface area contributed by atoms with Crippen molar-refractivity contribution < 1.29 is 17.9 Å². The minimum absolute atomic E-state index is 0.0960. The van der Waals surface area contributed by atoms with Gasteiger partial charge < -0.3 is 4.74 Å². The van der Waals surface area contributed by atoms with Gasteiger partial charge in [-0.1, -0.05) is 30.3 Å². The Kier molecular flexibility index (Phi) is 5.57. The van der Waals surface area contributed by atoms with E-state index < -0.39 is 15.9 Å². The third-order valence-electron chi connectivity index (χ3n) is 6.09. The van der Waals surface area contributed by atoms with Gasteiger partial charge in [-0.2, -0.15) is 0 Å². The normalized spacial score (nSPS) is 20.1. The monoisotopic (exact) mass is 451 g/mol. The van der Waals surface area contributed by atoms with Crippen LogP contribution in [0, 0.1) is 0 Å². The van der Waals surface area contributed by atoms with E-state index in [4.69, 9.17) is 4.74 Å². The average Bonchev–Trinajstić information content (AvgIpc) is 3.32. The summed E-state index contributed by atoms with van der Waals surface area (Å²) in [5.41, 5.74) is 1.20. The van der Waals surface area contributed by atoms with Crippen molar-refractivity contribution in [3.05, 3.63) is 66.2 Å². The molecule has 3 heterocycles. The molecule has 1 unspecified atom stereocenters. The topological polar surface area (TPSA) is 79.8 Å². The maximum Gasteiger partial charge on any atom is 0.269 e. The van der Waals surface area contributed by atoms with Crippen molar-refractivity contribution in [1.82, 2.24) is 14.2 Å². The molecule has 8 heteroatoms. The van der Waals surface area contributed by atoms with E-state index in [1.807, 2.05) is 36.4 Å². The van der Waals surface area contributed by atoms with Crippen molar-refractivity contribution in [3.63, 3.8) is 0 Å². The molecule has 2 aliphatic heterocycles. The van der Waals surface area contributed by atoms with Crippen molar-refractivity contribution in [1.29, 1.82) is 0 Å². The molecule has 0 bridgehead atoms. The number of nitrogens with zero attached hydrogens (tertiary/aromatic N) is 3. The summed E-state index contributed by atoms with van der Waals surface area (Å²) < 4.78 is 32.3. The van der Waals surface area contributed by atoms with Gasteiger partial charge in [-0.3, -0.25) is 9.69 Å². The summed E-state index contributed by atoms with van der Waals surface area (Å²) in [5.74, 6) is 0.228. The fourth-order valence-electron chi connectivity index (χ4n) is 4.42. The first-order chi connectivity index (χ1) is 15.5. The van der Waals surface area contributed by atoms with Crippen molar-refractivity contribution in [2.45, 2.75) is 30.3 Å². The predicted octanol–water partition coefficient (Wildman–Crippen LogP) is 3.31. The van der Waals surface area contributed by atoms with Gasteiger partial charge in [0.15, 0.2) is 0 Å². The fraction of sp³-hybridized carbons (Fsp3) is 0.333. The van der Waals surface area contributed by atoms with E-state index in [0.717, 1.165) is 47.7 Å². The molecule has 7 nitrogen and oxygen atoms in total. The molecule has 2 aliphatic rings. The SMILES string of the molecule is O=C1c2ccccc2S(=O)(=O)N1CCCCN1CCC(Oc2ccc3ccccc3n2)C1. The van der Waals surface area contributed by atoms with Crippen LogP contribution in [0.3, 0.4) is 0 Å². The molecule has 1 saturated heterocycles. The molecule has 2 aromatic carbocycles. The van der Waals surface area contributed by atoms with Crippen molar-refractivity contribution in [2.24, 2.45) is 0 Å². The summed E-state index contributed by atoms with van der Waals surface area (Å²) in [6, 6.07) is 18.3. The summed E-state index contributed by atoms with van der Waals surface area (Å²) >= 11 is 0. The highest BCUT2D eigenvalue weighted by Crippen LogP contribution is 2.30. The molecule has 0 aliphatic carbocycles. The lowest BCUT2D eigenvalue weighted by Gasteiger charge is -2.18. The van der Waals surface area contributed by atoms with E-state index in [1.165, 1.54) is 6.07 Å². The lowest BCUT2D eigenvalue weighted by Crippen LogP contribution is -2.32. The molecule has 0 N–H and O–H groups in total. The summed E-state index contributed by atoms with van der Waals surface area (Å²) in [5, 5.41) is 1.09. The highest BCUT2D eigenvalue weighted by atomic mass is 32.2. The van der Waals surface area contributed by atoms with E-state index in [1.54, 1.807) is 18.2 Å². The van der Waals surface area contributed by atoms with Crippen molar-refractivity contribution >= 4 is 26.8 Å². The van der Waals surface area contributed by atoms with Crippen LogP contribution in [-0.2, 0) is 10.0 Å². The summed E-state index contributed by atoms with van der Waals surface area (Å²) in [6.45, 7) is 2.82. The maximum atomic E-state index is 12.6. The van der Waals surface area contributed by atoms with Crippen molar-refractivity contribution in [2.75, 3.05) is 26.2 Å². The Morgan fingerprint density at radius 2 is 1.75 bits per heavy atom. The first-order valence-corrected chi connectivity index (χ1v) is 12.4. The van der Waals surface area contributed by atoms with Crippen LogP contribution in [0.5, 0.6) is 5.88 Å². The average molecular weight is 452 g/mol. The molecule has 1 fully saturated rings. The van der Waals surface area contributed by atoms with Gasteiger partial charge in [-0.05, 0) is 50.1 Å². The quantitative estimate of drug-likeness (QED) is 0.513. The van der Waals surface area contributed by atoms with Gasteiger partial charge >= 0.3 is 0 Å². The number of hydrogen-bond donors (Lipinski definition) is 0. The summed E-state index contributed by atoms with van der Waals surface area (Å²) in [7, 11) is -3.71. The molecular formula is C24H25N3O4S. The molecular weight excluding hydrogens is 426 g/mol. The van der Waals surface area contributed by atoms with E-state index in [-0.39, 0.29) is 23.1 Å². The Morgan fingerprint density at radius 3 is 2.62 bits per heavy atom. The molecule has 1 amide bonds. The minimum atomic E-state index is -3.71. The number of carbonyl (C=O) groups excluding carboxylic acids is 1. The molecule has 0 radical (unpaired) electrons. The van der Waals surface area contributed by atoms with Gasteiger partial charge in [0, 0.05) is 31.1 Å².